The van der Waals surface area contributed by atoms with E-state index in [-0.39, 0.29) is 17.2 Å². The molecule has 1 aromatic carbocycles. The molecule has 1 fully saturated rings. The SMILES string of the molecule is O=C(CNNC(=O)N1CCOCC1)Nc1ccc(S(=O)(=O)Nc2scnc2C(=O)O)cc1F. The molecule has 16 heteroatoms. The molecular weight excluding hydrogens is 483 g/mol. The minimum Gasteiger partial charge on any atom is -0.476 e. The lowest BCUT2D eigenvalue weighted by atomic mass is 10.3. The number of rotatable bonds is 8. The van der Waals surface area contributed by atoms with Gasteiger partial charge in [-0.25, -0.2) is 32.8 Å². The summed E-state index contributed by atoms with van der Waals surface area (Å²) >= 11 is 0.755. The first-order valence-corrected chi connectivity index (χ1v) is 11.7. The van der Waals surface area contributed by atoms with Crippen molar-refractivity contribution in [2.75, 3.05) is 42.9 Å². The van der Waals surface area contributed by atoms with E-state index in [4.69, 9.17) is 9.84 Å². The molecule has 0 aliphatic carbocycles. The highest BCUT2D eigenvalue weighted by molar-refractivity contribution is 7.93. The number of benzene rings is 1. The van der Waals surface area contributed by atoms with Crippen molar-refractivity contribution >= 4 is 50.0 Å². The fourth-order valence-electron chi connectivity index (χ4n) is 2.66. The first-order valence-electron chi connectivity index (χ1n) is 9.32. The van der Waals surface area contributed by atoms with Gasteiger partial charge < -0.3 is 20.1 Å². The average Bonchev–Trinajstić information content (AvgIpc) is 3.23. The van der Waals surface area contributed by atoms with Gasteiger partial charge in [-0.2, -0.15) is 0 Å². The van der Waals surface area contributed by atoms with Crippen LogP contribution >= 0.6 is 11.3 Å². The number of hydrogen-bond acceptors (Lipinski definition) is 9. The summed E-state index contributed by atoms with van der Waals surface area (Å²) in [7, 11) is -4.31. The molecule has 1 saturated heterocycles. The normalized spacial score (nSPS) is 13.9. The van der Waals surface area contributed by atoms with Crippen molar-refractivity contribution < 1.29 is 37.0 Å². The number of thiazole rings is 1. The number of urea groups is 1. The molecule has 2 heterocycles. The van der Waals surface area contributed by atoms with Gasteiger partial charge in [-0.1, -0.05) is 0 Å². The van der Waals surface area contributed by atoms with Crippen molar-refractivity contribution in [1.29, 1.82) is 0 Å². The molecule has 0 bridgehead atoms. The molecule has 0 unspecified atom stereocenters. The van der Waals surface area contributed by atoms with Gasteiger partial charge in [-0.3, -0.25) is 14.9 Å². The number of morpholine rings is 1. The van der Waals surface area contributed by atoms with E-state index in [1.54, 1.807) is 0 Å². The number of halogens is 1. The Morgan fingerprint density at radius 2 is 1.97 bits per heavy atom. The Hall–Kier alpha value is -3.34. The second-order valence-corrected chi connectivity index (χ2v) is 9.05. The van der Waals surface area contributed by atoms with E-state index in [2.05, 4.69) is 21.2 Å². The van der Waals surface area contributed by atoms with Crippen LogP contribution in [0.15, 0.2) is 28.6 Å². The maximum absolute atomic E-state index is 14.4. The van der Waals surface area contributed by atoms with Crippen molar-refractivity contribution in [2.45, 2.75) is 4.90 Å². The largest absolute Gasteiger partial charge is 0.476 e. The molecule has 1 aliphatic heterocycles. The summed E-state index contributed by atoms with van der Waals surface area (Å²) in [6.07, 6.45) is 0. The number of anilines is 2. The third-order valence-electron chi connectivity index (χ3n) is 4.26. The Bertz CT molecular complexity index is 1150. The van der Waals surface area contributed by atoms with Gasteiger partial charge in [0.25, 0.3) is 10.0 Å². The van der Waals surface area contributed by atoms with Crippen molar-refractivity contribution in [3.8, 4) is 0 Å². The summed E-state index contributed by atoms with van der Waals surface area (Å²) in [6, 6.07) is 2.31. The lowest BCUT2D eigenvalue weighted by Gasteiger charge is -2.26. The number of nitrogens with one attached hydrogen (secondary N) is 4. The first kappa shape index (κ1) is 24.3. The van der Waals surface area contributed by atoms with Gasteiger partial charge in [-0.05, 0) is 18.2 Å². The molecule has 3 rings (SSSR count). The van der Waals surface area contributed by atoms with Gasteiger partial charge in [0.2, 0.25) is 5.91 Å². The quantitative estimate of drug-likeness (QED) is 0.317. The molecule has 0 spiro atoms. The van der Waals surface area contributed by atoms with Gasteiger partial charge in [0.15, 0.2) is 5.69 Å². The number of sulfonamides is 1. The van der Waals surface area contributed by atoms with Crippen LogP contribution in [0.25, 0.3) is 0 Å². The number of amides is 3. The topological polar surface area (TPSA) is 179 Å². The molecule has 2 aromatic rings. The molecular formula is C17H19FN6O7S2. The van der Waals surface area contributed by atoms with Crippen LogP contribution in [0.1, 0.15) is 10.5 Å². The third-order valence-corrected chi connectivity index (χ3v) is 6.48. The summed E-state index contributed by atoms with van der Waals surface area (Å²) in [5.74, 6) is -3.15. The predicted octanol–water partition coefficient (Wildman–Crippen LogP) is 0.266. The highest BCUT2D eigenvalue weighted by Crippen LogP contribution is 2.25. The monoisotopic (exact) mass is 502 g/mol. The third kappa shape index (κ3) is 6.35. The van der Waals surface area contributed by atoms with E-state index < -0.39 is 44.3 Å². The lowest BCUT2D eigenvalue weighted by Crippen LogP contribution is -2.51. The van der Waals surface area contributed by atoms with E-state index in [0.29, 0.717) is 32.4 Å². The van der Waals surface area contributed by atoms with Crippen LogP contribution in [0.2, 0.25) is 0 Å². The van der Waals surface area contributed by atoms with E-state index in [0.717, 1.165) is 29.0 Å². The van der Waals surface area contributed by atoms with Crippen molar-refractivity contribution in [1.82, 2.24) is 20.7 Å². The fourth-order valence-corrected chi connectivity index (χ4v) is 4.66. The van der Waals surface area contributed by atoms with Gasteiger partial charge in [0.1, 0.15) is 10.8 Å². The van der Waals surface area contributed by atoms with E-state index >= 15 is 0 Å². The number of carboxylic acid groups (broad SMARTS) is 1. The molecule has 0 saturated carbocycles. The van der Waals surface area contributed by atoms with Gasteiger partial charge >= 0.3 is 12.0 Å². The zero-order chi connectivity index (χ0) is 24.0. The number of aromatic nitrogens is 1. The highest BCUT2D eigenvalue weighted by atomic mass is 32.2. The smallest absolute Gasteiger partial charge is 0.357 e. The lowest BCUT2D eigenvalue weighted by molar-refractivity contribution is -0.115. The number of nitrogens with zero attached hydrogens (tertiary/aromatic N) is 2. The van der Waals surface area contributed by atoms with Crippen LogP contribution < -0.4 is 20.9 Å². The minimum atomic E-state index is -4.31. The van der Waals surface area contributed by atoms with Crippen LogP contribution in [0.4, 0.5) is 19.9 Å². The number of carboxylic acids is 1. The van der Waals surface area contributed by atoms with E-state index in [9.17, 15) is 27.2 Å². The molecule has 0 atom stereocenters. The van der Waals surface area contributed by atoms with Gasteiger partial charge in [0, 0.05) is 13.1 Å². The maximum atomic E-state index is 14.4. The number of hydrazine groups is 1. The summed E-state index contributed by atoms with van der Waals surface area (Å²) in [5.41, 5.74) is 5.14. The van der Waals surface area contributed by atoms with Crippen LogP contribution in [0.5, 0.6) is 0 Å². The Labute approximate surface area is 191 Å². The number of carbonyl (C=O) groups excluding carboxylic acids is 2. The number of aromatic carboxylic acids is 1. The molecule has 3 amide bonds. The molecule has 33 heavy (non-hydrogen) atoms. The minimum absolute atomic E-state index is 0.231. The second kappa shape index (κ2) is 10.5. The zero-order valence-electron chi connectivity index (χ0n) is 16.8. The van der Waals surface area contributed by atoms with E-state index in [1.165, 1.54) is 4.90 Å². The summed E-state index contributed by atoms with van der Waals surface area (Å²) < 4.78 is 46.5. The number of hydrogen-bond donors (Lipinski definition) is 5. The highest BCUT2D eigenvalue weighted by Gasteiger charge is 2.22. The molecule has 5 N–H and O–H groups in total. The second-order valence-electron chi connectivity index (χ2n) is 6.51. The van der Waals surface area contributed by atoms with Crippen LogP contribution in [-0.2, 0) is 19.6 Å². The first-order chi connectivity index (χ1) is 15.7. The zero-order valence-corrected chi connectivity index (χ0v) is 18.5. The van der Waals surface area contributed by atoms with E-state index in [1.807, 2.05) is 4.72 Å². The molecule has 1 aromatic heterocycles. The molecule has 1 aliphatic rings. The van der Waals surface area contributed by atoms with Crippen molar-refractivity contribution in [2.24, 2.45) is 0 Å². The fraction of sp³-hybridized carbons (Fsp3) is 0.294. The molecule has 13 nitrogen and oxygen atoms in total. The maximum Gasteiger partial charge on any atom is 0.357 e. The molecule has 178 valence electrons. The van der Waals surface area contributed by atoms with Crippen LogP contribution in [-0.4, -0.2) is 74.2 Å². The summed E-state index contributed by atoms with van der Waals surface area (Å²) in [4.78, 5) is 39.5. The Balaban J connectivity index is 1.56. The Kier molecular flexibility index (Phi) is 7.75. The summed E-state index contributed by atoms with van der Waals surface area (Å²) in [5, 5.41) is 11.0. The Morgan fingerprint density at radius 1 is 1.24 bits per heavy atom. The average molecular weight is 503 g/mol. The number of carbonyl (C=O) groups is 3. The molecule has 0 radical (unpaired) electrons. The Morgan fingerprint density at radius 3 is 2.64 bits per heavy atom. The van der Waals surface area contributed by atoms with Gasteiger partial charge in [-0.15, -0.1) is 11.3 Å². The number of ether oxygens (including phenoxy) is 1. The standard InChI is InChI=1S/C17H19FN6O7S2/c18-11-7-10(33(29,30)23-15-14(16(26)27)19-9-32-15)1-2-12(11)21-13(25)8-20-22-17(28)24-3-5-31-6-4-24/h1-2,7,9,20,23H,3-6,8H2,(H,21,25)(H,22,28)(H,26,27). The predicted molar refractivity (Wildman–Crippen MR) is 114 cm³/mol. The van der Waals surface area contributed by atoms with Gasteiger partial charge in [0.05, 0.1) is 35.9 Å². The van der Waals surface area contributed by atoms with Crippen LogP contribution in [0.3, 0.4) is 0 Å². The van der Waals surface area contributed by atoms with Crippen LogP contribution in [0, 0.1) is 5.82 Å². The van der Waals surface area contributed by atoms with Crippen molar-refractivity contribution in [3.05, 3.63) is 35.2 Å². The summed E-state index contributed by atoms with van der Waals surface area (Å²) in [6.45, 7) is 1.28. The van der Waals surface area contributed by atoms with Crippen molar-refractivity contribution in [3.63, 3.8) is 0 Å².